The van der Waals surface area contributed by atoms with Gasteiger partial charge in [0.2, 0.25) is 0 Å². The van der Waals surface area contributed by atoms with E-state index in [0.717, 1.165) is 44.4 Å². The van der Waals surface area contributed by atoms with E-state index in [1.807, 2.05) is 57.4 Å². The molecule has 0 N–H and O–H groups in total. The van der Waals surface area contributed by atoms with Crippen LogP contribution in [0.2, 0.25) is 0 Å². The molecule has 0 aliphatic rings. The maximum atomic E-state index is 13.3. The highest BCUT2D eigenvalue weighted by Gasteiger charge is 2.19. The van der Waals surface area contributed by atoms with Gasteiger partial charge in [0.25, 0.3) is 0 Å². The number of ether oxygens (including phenoxy) is 2. The van der Waals surface area contributed by atoms with Crippen LogP contribution < -0.4 is 15.2 Å². The summed E-state index contributed by atoms with van der Waals surface area (Å²) in [5.41, 5.74) is 5.77. The van der Waals surface area contributed by atoms with Crippen molar-refractivity contribution < 1.29 is 9.47 Å². The molecule has 0 radical (unpaired) electrons. The Balaban J connectivity index is 1.80. The van der Waals surface area contributed by atoms with E-state index < -0.39 is 0 Å². The Morgan fingerprint density at radius 3 is 2.48 bits per heavy atom. The molecule has 0 aliphatic heterocycles. The molecule has 3 heterocycles. The summed E-state index contributed by atoms with van der Waals surface area (Å²) in [5.74, 6) is 1.38. The zero-order valence-corrected chi connectivity index (χ0v) is 19.3. The molecule has 0 unspecified atom stereocenters. The van der Waals surface area contributed by atoms with Gasteiger partial charge in [-0.25, -0.2) is 4.79 Å². The summed E-state index contributed by atoms with van der Waals surface area (Å²) in [6.07, 6.45) is 3.62. The molecule has 2 aromatic carbocycles. The molecular formula is C25H25N5O3. The number of aromatic nitrogens is 5. The maximum absolute atomic E-state index is 13.3. The summed E-state index contributed by atoms with van der Waals surface area (Å²) in [6.45, 7) is 4.39. The van der Waals surface area contributed by atoms with E-state index in [2.05, 4.69) is 16.1 Å². The number of benzene rings is 2. The molecular weight excluding hydrogens is 418 g/mol. The highest BCUT2D eigenvalue weighted by Crippen LogP contribution is 2.35. The Kier molecular flexibility index (Phi) is 4.92. The summed E-state index contributed by atoms with van der Waals surface area (Å²) in [4.78, 5) is 17.9. The Hall–Kier alpha value is -4.07. The molecule has 0 saturated carbocycles. The lowest BCUT2D eigenvalue weighted by Gasteiger charge is -2.12. The van der Waals surface area contributed by atoms with Crippen molar-refractivity contribution >= 4 is 21.9 Å². The number of fused-ring (bicyclic) bond motifs is 3. The number of pyridine rings is 1. The highest BCUT2D eigenvalue weighted by atomic mass is 16.5. The summed E-state index contributed by atoms with van der Waals surface area (Å²) in [7, 11) is 5.25. The van der Waals surface area contributed by atoms with Gasteiger partial charge < -0.3 is 9.47 Å². The van der Waals surface area contributed by atoms with Crippen LogP contribution in [0.5, 0.6) is 11.5 Å². The van der Waals surface area contributed by atoms with Crippen molar-refractivity contribution in [2.24, 2.45) is 14.1 Å². The van der Waals surface area contributed by atoms with Crippen LogP contribution in [0.15, 0.2) is 53.6 Å². The van der Waals surface area contributed by atoms with Crippen molar-refractivity contribution in [2.45, 2.75) is 13.8 Å². The van der Waals surface area contributed by atoms with E-state index in [4.69, 9.17) is 9.47 Å². The minimum Gasteiger partial charge on any atom is -0.493 e. The third-order valence-electron chi connectivity index (χ3n) is 5.91. The largest absolute Gasteiger partial charge is 0.493 e. The number of rotatable bonds is 5. The number of imidazole rings is 1. The Morgan fingerprint density at radius 1 is 1.03 bits per heavy atom. The van der Waals surface area contributed by atoms with Crippen LogP contribution in [-0.2, 0) is 14.1 Å². The van der Waals surface area contributed by atoms with E-state index in [1.54, 1.807) is 34.2 Å². The predicted octanol–water partition coefficient (Wildman–Crippen LogP) is 3.99. The average Bonchev–Trinajstić information content (AvgIpc) is 3.28. The molecule has 8 nitrogen and oxygen atoms in total. The van der Waals surface area contributed by atoms with Gasteiger partial charge in [0.05, 0.1) is 47.8 Å². The zero-order chi connectivity index (χ0) is 23.3. The van der Waals surface area contributed by atoms with E-state index in [9.17, 15) is 4.79 Å². The standard InChI is InChI=1S/C25H25N5O3/c1-6-33-23-12-17(8-10-22(23)32-5)16-7-9-19-18(11-16)24-20(13-26-19)29(4)25(31)30(24)21-14-28(3)27-15(21)2/h7-14H,6H2,1-5H3. The first kappa shape index (κ1) is 20.8. The molecule has 0 amide bonds. The molecule has 5 aromatic rings. The number of nitrogens with zero attached hydrogens (tertiary/aromatic N) is 5. The second kappa shape index (κ2) is 7.81. The maximum Gasteiger partial charge on any atom is 0.333 e. The van der Waals surface area contributed by atoms with Crippen molar-refractivity contribution in [1.29, 1.82) is 0 Å². The summed E-state index contributed by atoms with van der Waals surface area (Å²) in [5, 5.41) is 5.33. The molecule has 3 aromatic heterocycles. The third-order valence-corrected chi connectivity index (χ3v) is 5.91. The third kappa shape index (κ3) is 3.26. The van der Waals surface area contributed by atoms with Crippen LogP contribution in [0.3, 0.4) is 0 Å². The molecule has 0 fully saturated rings. The van der Waals surface area contributed by atoms with E-state index in [-0.39, 0.29) is 5.69 Å². The van der Waals surface area contributed by atoms with Crippen molar-refractivity contribution in [1.82, 2.24) is 23.9 Å². The summed E-state index contributed by atoms with van der Waals surface area (Å²) < 4.78 is 16.3. The monoisotopic (exact) mass is 443 g/mol. The molecule has 0 spiro atoms. The second-order valence-electron chi connectivity index (χ2n) is 7.97. The lowest BCUT2D eigenvalue weighted by molar-refractivity contribution is 0.311. The molecule has 5 rings (SSSR count). The van der Waals surface area contributed by atoms with Gasteiger partial charge in [0.1, 0.15) is 0 Å². The molecule has 8 heteroatoms. The Labute approximate surface area is 190 Å². The normalized spacial score (nSPS) is 11.4. The highest BCUT2D eigenvalue weighted by molar-refractivity contribution is 6.04. The van der Waals surface area contributed by atoms with Crippen molar-refractivity contribution in [2.75, 3.05) is 13.7 Å². The van der Waals surface area contributed by atoms with E-state index in [0.29, 0.717) is 18.1 Å². The quantitative estimate of drug-likeness (QED) is 0.411. The van der Waals surface area contributed by atoms with E-state index >= 15 is 0 Å². The van der Waals surface area contributed by atoms with Gasteiger partial charge in [-0.1, -0.05) is 12.1 Å². The molecule has 0 aliphatic carbocycles. The summed E-state index contributed by atoms with van der Waals surface area (Å²) >= 11 is 0. The molecule has 0 bridgehead atoms. The number of hydrogen-bond donors (Lipinski definition) is 0. The van der Waals surface area contributed by atoms with Crippen molar-refractivity contribution in [3.05, 3.63) is 65.0 Å². The van der Waals surface area contributed by atoms with Crippen LogP contribution in [0.4, 0.5) is 0 Å². The lowest BCUT2D eigenvalue weighted by Crippen LogP contribution is -2.21. The van der Waals surface area contributed by atoms with Crippen molar-refractivity contribution in [3.63, 3.8) is 0 Å². The fraction of sp³-hybridized carbons (Fsp3) is 0.240. The van der Waals surface area contributed by atoms with Crippen molar-refractivity contribution in [3.8, 4) is 28.3 Å². The van der Waals surface area contributed by atoms with Gasteiger partial charge in [-0.05, 0) is 49.2 Å². The minimum atomic E-state index is -0.135. The minimum absolute atomic E-state index is 0.135. The lowest BCUT2D eigenvalue weighted by atomic mass is 10.0. The topological polar surface area (TPSA) is 76.1 Å². The predicted molar refractivity (Wildman–Crippen MR) is 128 cm³/mol. The van der Waals surface area contributed by atoms with Gasteiger partial charge in [-0.15, -0.1) is 0 Å². The average molecular weight is 444 g/mol. The van der Waals surface area contributed by atoms with Gasteiger partial charge in [0.15, 0.2) is 11.5 Å². The van der Waals surface area contributed by atoms with Gasteiger partial charge in [-0.3, -0.25) is 18.8 Å². The molecule has 0 atom stereocenters. The van der Waals surface area contributed by atoms with Gasteiger partial charge in [-0.2, -0.15) is 5.10 Å². The smallest absolute Gasteiger partial charge is 0.333 e. The second-order valence-corrected chi connectivity index (χ2v) is 7.97. The van der Waals surface area contributed by atoms with Gasteiger partial charge in [0, 0.05) is 25.7 Å². The molecule has 33 heavy (non-hydrogen) atoms. The van der Waals surface area contributed by atoms with Crippen LogP contribution in [0.25, 0.3) is 38.8 Å². The van der Waals surface area contributed by atoms with Gasteiger partial charge >= 0.3 is 5.69 Å². The molecule has 168 valence electrons. The first-order chi connectivity index (χ1) is 15.9. The first-order valence-corrected chi connectivity index (χ1v) is 10.7. The zero-order valence-electron chi connectivity index (χ0n) is 19.3. The first-order valence-electron chi connectivity index (χ1n) is 10.7. The Bertz CT molecular complexity index is 1580. The summed E-state index contributed by atoms with van der Waals surface area (Å²) in [6, 6.07) is 12.0. The number of methoxy groups -OCH3 is 1. The number of aryl methyl sites for hydroxylation is 3. The fourth-order valence-electron chi connectivity index (χ4n) is 4.33. The fourth-order valence-corrected chi connectivity index (χ4v) is 4.33. The number of hydrogen-bond acceptors (Lipinski definition) is 5. The van der Waals surface area contributed by atoms with Crippen LogP contribution in [0, 0.1) is 6.92 Å². The van der Waals surface area contributed by atoms with E-state index in [1.165, 1.54) is 0 Å². The molecule has 0 saturated heterocycles. The Morgan fingerprint density at radius 2 is 1.79 bits per heavy atom. The SMILES string of the molecule is CCOc1cc(-c2ccc3ncc4c(c3c2)n(-c2cn(C)nc2C)c(=O)n4C)ccc1OC. The van der Waals surface area contributed by atoms with Crippen LogP contribution >= 0.6 is 0 Å². The van der Waals surface area contributed by atoms with Crippen LogP contribution in [0.1, 0.15) is 12.6 Å². The van der Waals surface area contributed by atoms with Crippen LogP contribution in [-0.4, -0.2) is 37.6 Å².